The van der Waals surface area contributed by atoms with Crippen LogP contribution in [-0.2, 0) is 16.6 Å². The van der Waals surface area contributed by atoms with Crippen LogP contribution in [0.15, 0.2) is 21.6 Å². The normalized spacial score (nSPS) is 17.6. The Morgan fingerprint density at radius 2 is 1.90 bits per heavy atom. The van der Waals surface area contributed by atoms with Crippen molar-refractivity contribution in [2.75, 3.05) is 6.54 Å². The minimum Gasteiger partial charge on any atom is -0.447 e. The van der Waals surface area contributed by atoms with Gasteiger partial charge in [0, 0.05) is 12.6 Å². The zero-order valence-corrected chi connectivity index (χ0v) is 14.1. The van der Waals surface area contributed by atoms with Crippen molar-refractivity contribution in [3.63, 3.8) is 0 Å². The molecule has 1 heterocycles. The smallest absolute Gasteiger partial charge is 0.273 e. The highest BCUT2D eigenvalue weighted by molar-refractivity contribution is 7.89. The summed E-state index contributed by atoms with van der Waals surface area (Å²) >= 11 is 0. The van der Waals surface area contributed by atoms with Crippen LogP contribution in [0.25, 0.3) is 0 Å². The van der Waals surface area contributed by atoms with Crippen LogP contribution in [0.3, 0.4) is 0 Å². The standard InChI is InChI=1S/C15H26N2O3S/c1-11(2)15(7-8-15)10-17-21(18,19)14-6-5-13(20-14)9-16-12(3)4/h5-6,11-12,16-17H,7-10H2,1-4H3. The number of rotatable bonds is 8. The van der Waals surface area contributed by atoms with Crippen LogP contribution in [0.1, 0.15) is 46.3 Å². The third kappa shape index (κ3) is 4.08. The maximum Gasteiger partial charge on any atom is 0.273 e. The summed E-state index contributed by atoms with van der Waals surface area (Å²) in [7, 11) is -3.55. The number of furan rings is 1. The van der Waals surface area contributed by atoms with Gasteiger partial charge in [0.25, 0.3) is 10.0 Å². The van der Waals surface area contributed by atoms with E-state index >= 15 is 0 Å². The topological polar surface area (TPSA) is 71.3 Å². The summed E-state index contributed by atoms with van der Waals surface area (Å²) in [5.41, 5.74) is 0.141. The van der Waals surface area contributed by atoms with Crippen LogP contribution in [0, 0.1) is 11.3 Å². The van der Waals surface area contributed by atoms with E-state index in [-0.39, 0.29) is 10.5 Å². The van der Waals surface area contributed by atoms with E-state index in [2.05, 4.69) is 23.9 Å². The zero-order valence-electron chi connectivity index (χ0n) is 13.3. The van der Waals surface area contributed by atoms with Crippen molar-refractivity contribution in [3.05, 3.63) is 17.9 Å². The molecule has 1 aromatic rings. The van der Waals surface area contributed by atoms with Gasteiger partial charge in [-0.05, 0) is 36.3 Å². The largest absolute Gasteiger partial charge is 0.447 e. The molecule has 0 bridgehead atoms. The molecular formula is C15H26N2O3S. The molecule has 0 saturated heterocycles. The molecule has 6 heteroatoms. The average Bonchev–Trinajstić information content (AvgIpc) is 3.04. The lowest BCUT2D eigenvalue weighted by molar-refractivity contribution is 0.352. The molecule has 0 amide bonds. The van der Waals surface area contributed by atoms with Crippen LogP contribution in [-0.4, -0.2) is 21.0 Å². The van der Waals surface area contributed by atoms with Crippen LogP contribution >= 0.6 is 0 Å². The Labute approximate surface area is 127 Å². The van der Waals surface area contributed by atoms with Crippen LogP contribution in [0.4, 0.5) is 0 Å². The molecule has 5 nitrogen and oxygen atoms in total. The van der Waals surface area contributed by atoms with Crippen molar-refractivity contribution in [1.29, 1.82) is 0 Å². The van der Waals surface area contributed by atoms with E-state index in [1.807, 2.05) is 13.8 Å². The maximum absolute atomic E-state index is 12.3. The summed E-state index contributed by atoms with van der Waals surface area (Å²) in [4.78, 5) is 0. The summed E-state index contributed by atoms with van der Waals surface area (Å²) in [6, 6.07) is 3.56. The molecular weight excluding hydrogens is 288 g/mol. The first-order valence-electron chi connectivity index (χ1n) is 7.57. The predicted octanol–water partition coefficient (Wildman–Crippen LogP) is 2.49. The molecule has 1 aliphatic rings. The number of hydrogen-bond acceptors (Lipinski definition) is 4. The minimum atomic E-state index is -3.55. The Bertz CT molecular complexity index is 571. The summed E-state index contributed by atoms with van der Waals surface area (Å²) in [5.74, 6) is 1.12. The van der Waals surface area contributed by atoms with Crippen LogP contribution in [0.5, 0.6) is 0 Å². The van der Waals surface area contributed by atoms with Gasteiger partial charge in [0.05, 0.1) is 6.54 Å². The van der Waals surface area contributed by atoms with Gasteiger partial charge in [0.15, 0.2) is 0 Å². The van der Waals surface area contributed by atoms with Gasteiger partial charge < -0.3 is 9.73 Å². The molecule has 1 aromatic heterocycles. The molecule has 1 aliphatic carbocycles. The monoisotopic (exact) mass is 314 g/mol. The zero-order chi connectivity index (χ0) is 15.7. The fourth-order valence-electron chi connectivity index (χ4n) is 2.33. The van der Waals surface area contributed by atoms with Crippen molar-refractivity contribution < 1.29 is 12.8 Å². The van der Waals surface area contributed by atoms with E-state index in [9.17, 15) is 8.42 Å². The predicted molar refractivity (Wildman–Crippen MR) is 82.4 cm³/mol. The molecule has 120 valence electrons. The second-order valence-corrected chi connectivity index (χ2v) is 8.30. The first kappa shape index (κ1) is 16.5. The van der Waals surface area contributed by atoms with Crippen molar-refractivity contribution in [1.82, 2.24) is 10.0 Å². The molecule has 21 heavy (non-hydrogen) atoms. The quantitative estimate of drug-likeness (QED) is 0.773. The number of hydrogen-bond donors (Lipinski definition) is 2. The van der Waals surface area contributed by atoms with E-state index in [1.165, 1.54) is 6.07 Å². The van der Waals surface area contributed by atoms with Gasteiger partial charge in [0.1, 0.15) is 5.76 Å². The molecule has 2 rings (SSSR count). The highest BCUT2D eigenvalue weighted by Crippen LogP contribution is 2.51. The van der Waals surface area contributed by atoms with Gasteiger partial charge in [-0.2, -0.15) is 0 Å². The average molecular weight is 314 g/mol. The van der Waals surface area contributed by atoms with Gasteiger partial charge in [-0.25, -0.2) is 13.1 Å². The van der Waals surface area contributed by atoms with E-state index < -0.39 is 10.0 Å². The third-order valence-corrected chi connectivity index (χ3v) is 5.59. The third-order valence-electron chi connectivity index (χ3n) is 4.32. The highest BCUT2D eigenvalue weighted by atomic mass is 32.2. The highest BCUT2D eigenvalue weighted by Gasteiger charge is 2.45. The van der Waals surface area contributed by atoms with Crippen LogP contribution in [0.2, 0.25) is 0 Å². The molecule has 0 unspecified atom stereocenters. The SMILES string of the molecule is CC(C)NCc1ccc(S(=O)(=O)NCC2(C(C)C)CC2)o1. The summed E-state index contributed by atoms with van der Waals surface area (Å²) in [6.45, 7) is 9.37. The lowest BCUT2D eigenvalue weighted by atomic mass is 9.93. The van der Waals surface area contributed by atoms with Crippen molar-refractivity contribution in [2.24, 2.45) is 11.3 Å². The van der Waals surface area contributed by atoms with Crippen molar-refractivity contribution in [2.45, 2.75) is 58.2 Å². The fourth-order valence-corrected chi connectivity index (χ4v) is 3.41. The fraction of sp³-hybridized carbons (Fsp3) is 0.733. The van der Waals surface area contributed by atoms with E-state index in [1.54, 1.807) is 6.07 Å². The molecule has 0 aromatic carbocycles. The molecule has 1 saturated carbocycles. The Balaban J connectivity index is 1.96. The number of sulfonamides is 1. The molecule has 0 spiro atoms. The maximum atomic E-state index is 12.3. The Kier molecular flexibility index (Phi) is 4.80. The Hall–Kier alpha value is -0.850. The lowest BCUT2D eigenvalue weighted by Crippen LogP contribution is -2.32. The lowest BCUT2D eigenvalue weighted by Gasteiger charge is -2.19. The van der Waals surface area contributed by atoms with Gasteiger partial charge in [0.2, 0.25) is 5.09 Å². The first-order valence-corrected chi connectivity index (χ1v) is 9.05. The van der Waals surface area contributed by atoms with E-state index in [0.717, 1.165) is 12.8 Å². The summed E-state index contributed by atoms with van der Waals surface area (Å²) in [6.07, 6.45) is 2.18. The van der Waals surface area contributed by atoms with Gasteiger partial charge in [-0.3, -0.25) is 0 Å². The molecule has 0 atom stereocenters. The van der Waals surface area contributed by atoms with E-state index in [4.69, 9.17) is 4.42 Å². The molecule has 1 fully saturated rings. The van der Waals surface area contributed by atoms with Crippen LogP contribution < -0.4 is 10.0 Å². The van der Waals surface area contributed by atoms with Gasteiger partial charge >= 0.3 is 0 Å². The second kappa shape index (κ2) is 6.10. The molecule has 0 aliphatic heterocycles. The van der Waals surface area contributed by atoms with Gasteiger partial charge in [-0.1, -0.05) is 27.7 Å². The summed E-state index contributed by atoms with van der Waals surface area (Å²) in [5, 5.41) is 3.20. The van der Waals surface area contributed by atoms with Crippen molar-refractivity contribution >= 4 is 10.0 Å². The molecule has 0 radical (unpaired) electrons. The Morgan fingerprint density at radius 3 is 2.43 bits per heavy atom. The number of nitrogens with one attached hydrogen (secondary N) is 2. The van der Waals surface area contributed by atoms with Crippen molar-refractivity contribution in [3.8, 4) is 0 Å². The molecule has 2 N–H and O–H groups in total. The Morgan fingerprint density at radius 1 is 1.24 bits per heavy atom. The minimum absolute atomic E-state index is 0.00242. The summed E-state index contributed by atoms with van der Waals surface area (Å²) < 4.78 is 32.6. The first-order chi connectivity index (χ1) is 9.75. The second-order valence-electron chi connectivity index (χ2n) is 6.60. The van der Waals surface area contributed by atoms with E-state index in [0.29, 0.717) is 30.8 Å². The van der Waals surface area contributed by atoms with Gasteiger partial charge in [-0.15, -0.1) is 0 Å².